The Bertz CT molecular complexity index is 1010. The molecular formula is C27H34F6N2. The fraction of sp³-hybridized carbons (Fsp3) is 0.630. The third-order valence-corrected chi connectivity index (χ3v) is 9.74. The molecule has 0 aliphatic heterocycles. The molecule has 0 spiro atoms. The zero-order valence-corrected chi connectivity index (χ0v) is 20.1. The lowest BCUT2D eigenvalue weighted by Gasteiger charge is -2.63. The summed E-state index contributed by atoms with van der Waals surface area (Å²) in [5, 5.41) is 0. The van der Waals surface area contributed by atoms with Crippen molar-refractivity contribution in [1.82, 2.24) is 0 Å². The van der Waals surface area contributed by atoms with Gasteiger partial charge in [-0.2, -0.15) is 26.3 Å². The number of alkyl halides is 6. The molecule has 35 heavy (non-hydrogen) atoms. The van der Waals surface area contributed by atoms with E-state index in [0.717, 1.165) is 12.8 Å². The Hall–Kier alpha value is -1.80. The molecule has 0 aromatic heterocycles. The van der Waals surface area contributed by atoms with Gasteiger partial charge in [0.25, 0.3) is 0 Å². The highest BCUT2D eigenvalue weighted by Crippen LogP contribution is 2.68. The lowest BCUT2D eigenvalue weighted by molar-refractivity contribution is -0.142. The predicted molar refractivity (Wildman–Crippen MR) is 124 cm³/mol. The summed E-state index contributed by atoms with van der Waals surface area (Å²) in [4.78, 5) is 0. The van der Waals surface area contributed by atoms with E-state index in [1.54, 1.807) is 6.08 Å². The third kappa shape index (κ3) is 3.78. The largest absolute Gasteiger partial charge is 0.416 e. The minimum absolute atomic E-state index is 0.0135. The van der Waals surface area contributed by atoms with Crippen LogP contribution in [0.5, 0.6) is 0 Å². The van der Waals surface area contributed by atoms with Gasteiger partial charge in [-0.3, -0.25) is 0 Å². The van der Waals surface area contributed by atoms with Gasteiger partial charge in [-0.05, 0) is 92.4 Å². The molecule has 3 aliphatic rings. The molecule has 0 radical (unpaired) electrons. The lowest BCUT2D eigenvalue weighted by atomic mass is 9.44. The van der Waals surface area contributed by atoms with Crippen molar-refractivity contribution >= 4 is 0 Å². The van der Waals surface area contributed by atoms with Crippen LogP contribution in [0.2, 0.25) is 0 Å². The summed E-state index contributed by atoms with van der Waals surface area (Å²) in [5.74, 6) is -0.797. The van der Waals surface area contributed by atoms with Crippen LogP contribution in [-0.2, 0) is 12.4 Å². The van der Waals surface area contributed by atoms with Crippen LogP contribution >= 0.6 is 0 Å². The Kier molecular flexibility index (Phi) is 6.28. The number of allylic oxidation sites excluding steroid dienone is 2. The highest BCUT2D eigenvalue weighted by molar-refractivity contribution is 5.42. The summed E-state index contributed by atoms with van der Waals surface area (Å²) >= 11 is 0. The first-order chi connectivity index (χ1) is 16.2. The molecule has 0 bridgehead atoms. The van der Waals surface area contributed by atoms with Gasteiger partial charge in [-0.25, -0.2) is 0 Å². The van der Waals surface area contributed by atoms with E-state index in [2.05, 4.69) is 19.6 Å². The van der Waals surface area contributed by atoms with Crippen LogP contribution in [0.3, 0.4) is 0 Å². The van der Waals surface area contributed by atoms with Crippen molar-refractivity contribution in [3.8, 4) is 0 Å². The summed E-state index contributed by atoms with van der Waals surface area (Å²) in [6.07, 6.45) is -0.348. The highest BCUT2D eigenvalue weighted by Gasteiger charge is 2.65. The van der Waals surface area contributed by atoms with Gasteiger partial charge in [-0.15, -0.1) is 6.58 Å². The standard InChI is InChI=1S/C27H34F6N2/c1-4-12-23(3)22(34)11-10-21-20-9-8-18(24(20,5-2)13-14-25(21,23)35)17-15-16(26(28,29)30)6-7-19(17)27(31,32)33/h4-7,12,15,18,20-22H,2,8-11,13-14,34-35H2,1,3H3/b12-4-. The normalized spacial score (nSPS) is 39.9. The Morgan fingerprint density at radius 2 is 1.63 bits per heavy atom. The van der Waals surface area contributed by atoms with Crippen molar-refractivity contribution in [2.45, 2.75) is 82.2 Å². The van der Waals surface area contributed by atoms with Crippen LogP contribution in [0.25, 0.3) is 0 Å². The first-order valence-electron chi connectivity index (χ1n) is 12.3. The van der Waals surface area contributed by atoms with Crippen molar-refractivity contribution in [2.75, 3.05) is 0 Å². The molecule has 1 aromatic carbocycles. The maximum Gasteiger partial charge on any atom is 0.416 e. The van der Waals surface area contributed by atoms with Gasteiger partial charge in [0.05, 0.1) is 11.1 Å². The Balaban J connectivity index is 1.83. The number of hydrogen-bond donors (Lipinski definition) is 2. The van der Waals surface area contributed by atoms with E-state index in [1.165, 1.54) is 0 Å². The average Bonchev–Trinajstić information content (AvgIpc) is 3.15. The summed E-state index contributed by atoms with van der Waals surface area (Å²) < 4.78 is 82.6. The van der Waals surface area contributed by atoms with Crippen molar-refractivity contribution in [3.63, 3.8) is 0 Å². The average molecular weight is 501 g/mol. The van der Waals surface area contributed by atoms with Gasteiger partial charge >= 0.3 is 12.4 Å². The third-order valence-electron chi connectivity index (χ3n) is 9.74. The molecule has 2 nitrogen and oxygen atoms in total. The molecule has 4 N–H and O–H groups in total. The number of benzene rings is 1. The fourth-order valence-electron chi connectivity index (χ4n) is 7.93. The van der Waals surface area contributed by atoms with Crippen molar-refractivity contribution in [2.24, 2.45) is 34.1 Å². The molecule has 7 unspecified atom stereocenters. The number of fused-ring (bicyclic) bond motifs is 3. The molecule has 0 amide bonds. The molecule has 0 saturated heterocycles. The monoisotopic (exact) mass is 500 g/mol. The number of rotatable bonds is 3. The lowest BCUT2D eigenvalue weighted by Crippen LogP contribution is -2.71. The summed E-state index contributed by atoms with van der Waals surface area (Å²) in [7, 11) is 0. The number of nitrogens with two attached hydrogens (primary N) is 2. The van der Waals surface area contributed by atoms with Crippen molar-refractivity contribution in [1.29, 1.82) is 0 Å². The minimum Gasteiger partial charge on any atom is -0.327 e. The van der Waals surface area contributed by atoms with E-state index < -0.39 is 45.8 Å². The number of hydrogen-bond acceptors (Lipinski definition) is 2. The Morgan fingerprint density at radius 3 is 2.20 bits per heavy atom. The van der Waals surface area contributed by atoms with Crippen LogP contribution in [0, 0.1) is 22.7 Å². The fourth-order valence-corrected chi connectivity index (χ4v) is 7.93. The smallest absolute Gasteiger partial charge is 0.327 e. The predicted octanol–water partition coefficient (Wildman–Crippen LogP) is 7.20. The van der Waals surface area contributed by atoms with Crippen molar-refractivity contribution in [3.05, 3.63) is 59.7 Å². The van der Waals surface area contributed by atoms with Gasteiger partial charge in [0.2, 0.25) is 0 Å². The topological polar surface area (TPSA) is 52.0 Å². The first-order valence-corrected chi connectivity index (χ1v) is 12.3. The highest BCUT2D eigenvalue weighted by atomic mass is 19.4. The van der Waals surface area contributed by atoms with E-state index in [4.69, 9.17) is 11.5 Å². The summed E-state index contributed by atoms with van der Waals surface area (Å²) in [6.45, 7) is 8.00. The molecule has 4 rings (SSSR count). The van der Waals surface area contributed by atoms with Crippen LogP contribution in [0.15, 0.2) is 43.0 Å². The Morgan fingerprint density at radius 1 is 0.971 bits per heavy atom. The van der Waals surface area contributed by atoms with Crippen molar-refractivity contribution < 1.29 is 26.3 Å². The second-order valence-electron chi connectivity index (χ2n) is 11.0. The maximum absolute atomic E-state index is 14.0. The summed E-state index contributed by atoms with van der Waals surface area (Å²) in [5.41, 5.74) is 9.50. The second-order valence-corrected chi connectivity index (χ2v) is 11.0. The zero-order chi connectivity index (χ0) is 26.0. The molecule has 3 aliphatic carbocycles. The maximum atomic E-state index is 14.0. The molecule has 0 heterocycles. The van der Waals surface area contributed by atoms with Crippen LogP contribution in [0.1, 0.15) is 75.0 Å². The molecule has 3 fully saturated rings. The van der Waals surface area contributed by atoms with Crippen LogP contribution < -0.4 is 11.5 Å². The number of halogens is 6. The van der Waals surface area contributed by atoms with Crippen LogP contribution in [0.4, 0.5) is 26.3 Å². The minimum atomic E-state index is -4.76. The zero-order valence-electron chi connectivity index (χ0n) is 20.1. The SMILES string of the molecule is C=CC12CCC3(N)C(CCC(N)C3(C)/C=C\C)C1CCC2c1cc(C(F)(F)F)ccc1C(F)(F)F. The molecule has 8 heteroatoms. The van der Waals surface area contributed by atoms with E-state index in [-0.39, 0.29) is 23.4 Å². The van der Waals surface area contributed by atoms with E-state index >= 15 is 0 Å². The van der Waals surface area contributed by atoms with Gasteiger partial charge in [-0.1, -0.05) is 25.2 Å². The molecule has 194 valence electrons. The Labute approximate surface area is 202 Å². The van der Waals surface area contributed by atoms with E-state index in [0.29, 0.717) is 43.9 Å². The van der Waals surface area contributed by atoms with Gasteiger partial charge < -0.3 is 11.5 Å². The van der Waals surface area contributed by atoms with Gasteiger partial charge in [0, 0.05) is 17.0 Å². The summed E-state index contributed by atoms with van der Waals surface area (Å²) in [6, 6.07) is 1.68. The van der Waals surface area contributed by atoms with E-state index in [1.807, 2.05) is 13.0 Å². The quantitative estimate of drug-likeness (QED) is 0.341. The molecule has 3 saturated carbocycles. The first kappa shape index (κ1) is 26.3. The van der Waals surface area contributed by atoms with E-state index in [9.17, 15) is 26.3 Å². The second kappa shape index (κ2) is 8.37. The van der Waals surface area contributed by atoms with Gasteiger partial charge in [0.15, 0.2) is 0 Å². The van der Waals surface area contributed by atoms with Gasteiger partial charge in [0.1, 0.15) is 0 Å². The van der Waals surface area contributed by atoms with Crippen LogP contribution in [-0.4, -0.2) is 11.6 Å². The molecular weight excluding hydrogens is 466 g/mol. The molecule has 7 atom stereocenters. The molecule has 1 aromatic rings.